The number of nitrogens with one attached hydrogen (secondary N) is 1. The van der Waals surface area contributed by atoms with Crippen LogP contribution in [-0.2, 0) is 22.9 Å². The van der Waals surface area contributed by atoms with Crippen LogP contribution < -0.4 is 5.32 Å². The Balaban J connectivity index is 1.52. The summed E-state index contributed by atoms with van der Waals surface area (Å²) in [5.41, 5.74) is 2.38. The van der Waals surface area contributed by atoms with Crippen molar-refractivity contribution in [3.8, 4) is 0 Å². The number of aromatic nitrogens is 2. The van der Waals surface area contributed by atoms with Gasteiger partial charge in [-0.15, -0.1) is 0 Å². The summed E-state index contributed by atoms with van der Waals surface area (Å²) in [4.78, 5) is 21.3. The molecule has 2 heterocycles. The number of fused-ring (bicyclic) bond motifs is 1. The topological polar surface area (TPSA) is 92.3 Å². The summed E-state index contributed by atoms with van der Waals surface area (Å²) in [5.74, 6) is 0.245. The Morgan fingerprint density at radius 3 is 2.64 bits per heavy atom. The third kappa shape index (κ3) is 3.54. The number of aryl methyl sites for hydroxylation is 1. The van der Waals surface area contributed by atoms with Crippen LogP contribution in [-0.4, -0.2) is 41.2 Å². The molecular formula is C20H24N4O3S. The Labute approximate surface area is 165 Å². The standard InChI is InChI=1S/C20H24N4O3S/c1-14-5-2-3-12-24(14)28(26,27)16-10-8-15(9-11-16)20(25)23-19-17-6-4-7-18(17)21-13-22-19/h8-11,13-14H,2-7,12H2,1H3,(H,21,22,23,25). The van der Waals surface area contributed by atoms with Gasteiger partial charge >= 0.3 is 0 Å². The number of hydrogen-bond donors (Lipinski definition) is 1. The van der Waals surface area contributed by atoms with E-state index in [-0.39, 0.29) is 16.8 Å². The highest BCUT2D eigenvalue weighted by Gasteiger charge is 2.31. The Bertz CT molecular complexity index is 989. The lowest BCUT2D eigenvalue weighted by atomic mass is 10.1. The minimum atomic E-state index is -3.54. The van der Waals surface area contributed by atoms with Crippen molar-refractivity contribution in [1.29, 1.82) is 0 Å². The zero-order valence-corrected chi connectivity index (χ0v) is 16.7. The van der Waals surface area contributed by atoms with Crippen LogP contribution in [0.4, 0.5) is 5.82 Å². The Hall–Kier alpha value is -2.32. The lowest BCUT2D eigenvalue weighted by molar-refractivity contribution is 0.102. The van der Waals surface area contributed by atoms with E-state index in [1.165, 1.54) is 18.5 Å². The molecule has 2 aliphatic rings. The molecule has 0 saturated carbocycles. The number of sulfonamides is 1. The highest BCUT2D eigenvalue weighted by Crippen LogP contribution is 2.27. The summed E-state index contributed by atoms with van der Waals surface area (Å²) < 4.78 is 27.4. The fourth-order valence-electron chi connectivity index (χ4n) is 3.99. The summed E-state index contributed by atoms with van der Waals surface area (Å²) in [6, 6.07) is 6.13. The fraction of sp³-hybridized carbons (Fsp3) is 0.450. The monoisotopic (exact) mass is 400 g/mol. The van der Waals surface area contributed by atoms with Gasteiger partial charge in [0, 0.05) is 29.4 Å². The summed E-state index contributed by atoms with van der Waals surface area (Å²) >= 11 is 0. The van der Waals surface area contributed by atoms with Crippen molar-refractivity contribution in [1.82, 2.24) is 14.3 Å². The van der Waals surface area contributed by atoms with Gasteiger partial charge in [-0.05, 0) is 63.3 Å². The van der Waals surface area contributed by atoms with E-state index in [1.807, 2.05) is 6.92 Å². The number of piperidine rings is 1. The number of anilines is 1. The van der Waals surface area contributed by atoms with E-state index >= 15 is 0 Å². The van der Waals surface area contributed by atoms with E-state index in [4.69, 9.17) is 0 Å². The molecule has 1 N–H and O–H groups in total. The van der Waals surface area contributed by atoms with E-state index in [0.717, 1.165) is 49.8 Å². The molecule has 28 heavy (non-hydrogen) atoms. The molecule has 7 nitrogen and oxygen atoms in total. The van der Waals surface area contributed by atoms with Crippen LogP contribution in [0, 0.1) is 0 Å². The van der Waals surface area contributed by atoms with Crippen molar-refractivity contribution in [2.75, 3.05) is 11.9 Å². The van der Waals surface area contributed by atoms with Crippen LogP contribution in [0.3, 0.4) is 0 Å². The zero-order valence-electron chi connectivity index (χ0n) is 15.9. The van der Waals surface area contributed by atoms with E-state index in [0.29, 0.717) is 17.9 Å². The first kappa shape index (κ1) is 19.0. The first-order valence-electron chi connectivity index (χ1n) is 9.73. The molecule has 4 rings (SSSR count). The maximum absolute atomic E-state index is 12.9. The third-order valence-corrected chi connectivity index (χ3v) is 7.60. The molecule has 0 spiro atoms. The molecule has 1 amide bonds. The number of hydrogen-bond acceptors (Lipinski definition) is 5. The second-order valence-corrected chi connectivity index (χ2v) is 9.33. The van der Waals surface area contributed by atoms with E-state index in [1.54, 1.807) is 16.4 Å². The van der Waals surface area contributed by atoms with Crippen LogP contribution in [0.1, 0.15) is 54.2 Å². The van der Waals surface area contributed by atoms with Crippen LogP contribution in [0.25, 0.3) is 0 Å². The number of rotatable bonds is 4. The van der Waals surface area contributed by atoms with Crippen molar-refractivity contribution in [3.63, 3.8) is 0 Å². The lowest BCUT2D eigenvalue weighted by Crippen LogP contribution is -2.41. The number of nitrogens with zero attached hydrogens (tertiary/aromatic N) is 3. The van der Waals surface area contributed by atoms with Crippen molar-refractivity contribution in [2.45, 2.75) is 56.4 Å². The summed E-state index contributed by atoms with van der Waals surface area (Å²) in [5, 5.41) is 2.84. The van der Waals surface area contributed by atoms with Gasteiger partial charge in [-0.25, -0.2) is 18.4 Å². The van der Waals surface area contributed by atoms with Gasteiger partial charge in [-0.3, -0.25) is 4.79 Å². The van der Waals surface area contributed by atoms with Crippen LogP contribution in [0.2, 0.25) is 0 Å². The fourth-order valence-corrected chi connectivity index (χ4v) is 5.69. The molecule has 1 aliphatic heterocycles. The maximum atomic E-state index is 12.9. The average Bonchev–Trinajstić information content (AvgIpc) is 3.18. The van der Waals surface area contributed by atoms with E-state index in [9.17, 15) is 13.2 Å². The van der Waals surface area contributed by atoms with Crippen molar-refractivity contribution in [3.05, 3.63) is 47.4 Å². The Kier molecular flexibility index (Phi) is 5.16. The summed E-state index contributed by atoms with van der Waals surface area (Å²) in [7, 11) is -3.54. The normalized spacial score (nSPS) is 20.0. The molecule has 1 unspecified atom stereocenters. The van der Waals surface area contributed by atoms with Gasteiger partial charge in [0.2, 0.25) is 10.0 Å². The van der Waals surface area contributed by atoms with Gasteiger partial charge in [0.15, 0.2) is 0 Å². The molecule has 0 radical (unpaired) electrons. The van der Waals surface area contributed by atoms with E-state index in [2.05, 4.69) is 15.3 Å². The molecule has 148 valence electrons. The second-order valence-electron chi connectivity index (χ2n) is 7.44. The number of amides is 1. The molecule has 1 aromatic carbocycles. The smallest absolute Gasteiger partial charge is 0.256 e. The van der Waals surface area contributed by atoms with Crippen LogP contribution >= 0.6 is 0 Å². The van der Waals surface area contributed by atoms with Crippen molar-refractivity contribution >= 4 is 21.7 Å². The minimum absolute atomic E-state index is 0.00147. The Morgan fingerprint density at radius 2 is 1.89 bits per heavy atom. The molecule has 1 aliphatic carbocycles. The predicted molar refractivity (Wildman–Crippen MR) is 106 cm³/mol. The van der Waals surface area contributed by atoms with Gasteiger partial charge in [-0.1, -0.05) is 6.42 Å². The Morgan fingerprint density at radius 1 is 1.11 bits per heavy atom. The minimum Gasteiger partial charge on any atom is -0.306 e. The first-order valence-corrected chi connectivity index (χ1v) is 11.2. The maximum Gasteiger partial charge on any atom is 0.256 e. The summed E-state index contributed by atoms with van der Waals surface area (Å²) in [6.45, 7) is 2.49. The third-order valence-electron chi connectivity index (χ3n) is 5.57. The zero-order chi connectivity index (χ0) is 19.7. The van der Waals surface area contributed by atoms with Gasteiger partial charge in [-0.2, -0.15) is 4.31 Å². The van der Waals surface area contributed by atoms with Gasteiger partial charge in [0.25, 0.3) is 5.91 Å². The van der Waals surface area contributed by atoms with Gasteiger partial charge in [0.05, 0.1) is 4.90 Å². The highest BCUT2D eigenvalue weighted by molar-refractivity contribution is 7.89. The molecule has 1 aromatic heterocycles. The number of benzene rings is 1. The van der Waals surface area contributed by atoms with Gasteiger partial charge in [0.1, 0.15) is 12.1 Å². The highest BCUT2D eigenvalue weighted by atomic mass is 32.2. The predicted octanol–water partition coefficient (Wildman–Crippen LogP) is 2.78. The molecule has 1 atom stereocenters. The average molecular weight is 401 g/mol. The molecule has 1 saturated heterocycles. The van der Waals surface area contributed by atoms with Gasteiger partial charge < -0.3 is 5.32 Å². The van der Waals surface area contributed by atoms with Crippen molar-refractivity contribution < 1.29 is 13.2 Å². The molecule has 8 heteroatoms. The SMILES string of the molecule is CC1CCCCN1S(=O)(=O)c1ccc(C(=O)Nc2ncnc3c2CCC3)cc1. The number of carbonyl (C=O) groups is 1. The van der Waals surface area contributed by atoms with Crippen molar-refractivity contribution in [2.24, 2.45) is 0 Å². The van der Waals surface area contributed by atoms with Crippen LogP contribution in [0.15, 0.2) is 35.5 Å². The largest absolute Gasteiger partial charge is 0.306 e. The number of carbonyl (C=O) groups excluding carboxylic acids is 1. The quantitative estimate of drug-likeness (QED) is 0.852. The lowest BCUT2D eigenvalue weighted by Gasteiger charge is -2.32. The molecular weight excluding hydrogens is 376 g/mol. The van der Waals surface area contributed by atoms with E-state index < -0.39 is 10.0 Å². The molecule has 1 fully saturated rings. The molecule has 0 bridgehead atoms. The second kappa shape index (κ2) is 7.60. The van der Waals surface area contributed by atoms with Crippen LogP contribution in [0.5, 0.6) is 0 Å². The first-order chi connectivity index (χ1) is 13.5. The molecule has 2 aromatic rings. The summed E-state index contributed by atoms with van der Waals surface area (Å²) in [6.07, 6.45) is 7.06.